The van der Waals surface area contributed by atoms with Crippen molar-refractivity contribution in [3.8, 4) is 22.6 Å². The van der Waals surface area contributed by atoms with E-state index in [-0.39, 0.29) is 36.5 Å². The number of nitrogens with zero attached hydrogens (tertiary/aromatic N) is 2. The second-order valence-electron chi connectivity index (χ2n) is 10.3. The molecule has 230 valence electrons. The lowest BCUT2D eigenvalue weighted by molar-refractivity contribution is 0.0892. The van der Waals surface area contributed by atoms with Crippen LogP contribution in [0.2, 0.25) is 5.15 Å². The van der Waals surface area contributed by atoms with E-state index in [1.54, 1.807) is 36.4 Å². The minimum Gasteiger partial charge on any atom is -0.492 e. The van der Waals surface area contributed by atoms with Crippen molar-refractivity contribution in [3.63, 3.8) is 0 Å². The first-order valence-electron chi connectivity index (χ1n) is 13.8. The van der Waals surface area contributed by atoms with Crippen LogP contribution in [-0.2, 0) is 10.0 Å². The van der Waals surface area contributed by atoms with Crippen LogP contribution >= 0.6 is 11.6 Å². The number of hydrogen-bond acceptors (Lipinski definition) is 8. The fourth-order valence-electron chi connectivity index (χ4n) is 4.75. The van der Waals surface area contributed by atoms with Crippen LogP contribution in [0.1, 0.15) is 54.1 Å². The van der Waals surface area contributed by atoms with Crippen molar-refractivity contribution in [1.29, 1.82) is 0 Å². The van der Waals surface area contributed by atoms with E-state index in [1.165, 1.54) is 12.3 Å². The molecular formula is C30H34ClN3O8S. The molecule has 1 heterocycles. The van der Waals surface area contributed by atoms with Crippen LogP contribution in [0.15, 0.2) is 60.8 Å². The van der Waals surface area contributed by atoms with E-state index < -0.39 is 28.1 Å². The van der Waals surface area contributed by atoms with Gasteiger partial charge in [0, 0.05) is 11.8 Å². The Labute approximate surface area is 255 Å². The van der Waals surface area contributed by atoms with Gasteiger partial charge in [-0.3, -0.25) is 4.79 Å². The number of carbonyl (C=O) groups excluding carboxylic acids is 1. The molecule has 13 heteroatoms. The van der Waals surface area contributed by atoms with Crippen molar-refractivity contribution < 1.29 is 37.7 Å². The number of nitrogens with one attached hydrogen (secondary N) is 1. The second-order valence-corrected chi connectivity index (χ2v) is 12.5. The predicted octanol–water partition coefficient (Wildman–Crippen LogP) is 4.90. The van der Waals surface area contributed by atoms with E-state index in [1.807, 2.05) is 16.9 Å². The molecule has 0 bridgehead atoms. The van der Waals surface area contributed by atoms with Crippen LogP contribution < -0.4 is 14.2 Å². The lowest BCUT2D eigenvalue weighted by Crippen LogP contribution is -2.36. The molecule has 3 aromatic rings. The third-order valence-electron chi connectivity index (χ3n) is 6.97. The van der Waals surface area contributed by atoms with Crippen LogP contribution in [-0.4, -0.2) is 72.6 Å². The Balaban J connectivity index is 1.41. The van der Waals surface area contributed by atoms with E-state index in [9.17, 15) is 28.2 Å². The molecule has 2 aromatic carbocycles. The SMILES string of the molecule is CS(=O)(=O)NC(=O)c1ccc(-c2ccc(OCCN(C[C@H](O)c3ccc(Cl)nc3)C(=O)O)cc2)cc1OC1CCCCC1. The van der Waals surface area contributed by atoms with Gasteiger partial charge in [0.25, 0.3) is 5.91 Å². The van der Waals surface area contributed by atoms with Gasteiger partial charge in [0.15, 0.2) is 0 Å². The number of amides is 2. The van der Waals surface area contributed by atoms with Crippen molar-refractivity contribution in [2.24, 2.45) is 0 Å². The number of halogens is 1. The van der Waals surface area contributed by atoms with E-state index in [2.05, 4.69) is 4.98 Å². The summed E-state index contributed by atoms with van der Waals surface area (Å²) in [6, 6.07) is 15.2. The highest BCUT2D eigenvalue weighted by Crippen LogP contribution is 2.32. The van der Waals surface area contributed by atoms with Gasteiger partial charge in [0.05, 0.1) is 37.1 Å². The van der Waals surface area contributed by atoms with Crippen LogP contribution in [0.4, 0.5) is 4.79 Å². The molecule has 0 saturated heterocycles. The van der Waals surface area contributed by atoms with Gasteiger partial charge >= 0.3 is 6.09 Å². The number of aliphatic hydroxyl groups is 1. The molecule has 2 amide bonds. The van der Waals surface area contributed by atoms with Gasteiger partial charge in [-0.1, -0.05) is 42.3 Å². The minimum atomic E-state index is -3.75. The normalized spacial score (nSPS) is 14.5. The number of aliphatic hydroxyl groups excluding tert-OH is 1. The summed E-state index contributed by atoms with van der Waals surface area (Å²) in [4.78, 5) is 29.4. The zero-order valence-electron chi connectivity index (χ0n) is 23.6. The van der Waals surface area contributed by atoms with Crippen molar-refractivity contribution in [2.75, 3.05) is 26.0 Å². The largest absolute Gasteiger partial charge is 0.492 e. The third-order valence-corrected chi connectivity index (χ3v) is 7.75. The van der Waals surface area contributed by atoms with Crippen LogP contribution in [0.3, 0.4) is 0 Å². The van der Waals surface area contributed by atoms with Gasteiger partial charge in [-0.2, -0.15) is 0 Å². The third kappa shape index (κ3) is 9.57. The molecule has 11 nitrogen and oxygen atoms in total. The smallest absolute Gasteiger partial charge is 0.407 e. The molecule has 0 aliphatic heterocycles. The highest BCUT2D eigenvalue weighted by atomic mass is 35.5. The van der Waals surface area contributed by atoms with Gasteiger partial charge in [0.1, 0.15) is 23.3 Å². The number of benzene rings is 2. The Morgan fingerprint density at radius 1 is 1.07 bits per heavy atom. The maximum absolute atomic E-state index is 12.7. The summed E-state index contributed by atoms with van der Waals surface area (Å²) in [7, 11) is -3.75. The highest BCUT2D eigenvalue weighted by molar-refractivity contribution is 7.89. The monoisotopic (exact) mass is 631 g/mol. The Hall–Kier alpha value is -3.87. The number of hydrogen-bond donors (Lipinski definition) is 3. The zero-order valence-corrected chi connectivity index (χ0v) is 25.2. The summed E-state index contributed by atoms with van der Waals surface area (Å²) in [6.45, 7) is -0.0841. The van der Waals surface area contributed by atoms with Crippen molar-refractivity contribution in [2.45, 2.75) is 44.3 Å². The van der Waals surface area contributed by atoms with Crippen LogP contribution in [0.5, 0.6) is 11.5 Å². The summed E-state index contributed by atoms with van der Waals surface area (Å²) in [5.41, 5.74) is 2.16. The summed E-state index contributed by atoms with van der Waals surface area (Å²) in [5, 5.41) is 20.2. The lowest BCUT2D eigenvalue weighted by Gasteiger charge is -2.24. The summed E-state index contributed by atoms with van der Waals surface area (Å²) in [5.74, 6) is 0.0759. The van der Waals surface area contributed by atoms with E-state index in [0.717, 1.165) is 54.4 Å². The first kappa shape index (κ1) is 32.1. The van der Waals surface area contributed by atoms with Gasteiger partial charge in [0.2, 0.25) is 10.0 Å². The lowest BCUT2D eigenvalue weighted by atomic mass is 9.97. The average molecular weight is 632 g/mol. The van der Waals surface area contributed by atoms with E-state index >= 15 is 0 Å². The topological polar surface area (TPSA) is 155 Å². The quantitative estimate of drug-likeness (QED) is 0.237. The molecule has 1 fully saturated rings. The van der Waals surface area contributed by atoms with E-state index in [4.69, 9.17) is 21.1 Å². The number of sulfonamides is 1. The molecule has 1 aliphatic rings. The van der Waals surface area contributed by atoms with Crippen LogP contribution in [0.25, 0.3) is 11.1 Å². The molecule has 0 unspecified atom stereocenters. The van der Waals surface area contributed by atoms with Gasteiger partial charge in [-0.25, -0.2) is 22.9 Å². The van der Waals surface area contributed by atoms with Gasteiger partial charge in [-0.15, -0.1) is 0 Å². The van der Waals surface area contributed by atoms with E-state index in [0.29, 0.717) is 17.1 Å². The molecule has 1 aromatic heterocycles. The first-order chi connectivity index (χ1) is 20.5. The number of pyridine rings is 1. The summed E-state index contributed by atoms with van der Waals surface area (Å²) >= 11 is 5.77. The summed E-state index contributed by atoms with van der Waals surface area (Å²) in [6.07, 6.45) is 4.91. The fraction of sp³-hybridized carbons (Fsp3) is 0.367. The van der Waals surface area contributed by atoms with Crippen molar-refractivity contribution in [3.05, 3.63) is 77.1 Å². The van der Waals surface area contributed by atoms with Gasteiger partial charge in [-0.05, 0) is 67.1 Å². The predicted molar refractivity (Wildman–Crippen MR) is 161 cm³/mol. The standard InChI is InChI=1S/C30H34ClN3O8S/c1-43(39,40)33-29(36)25-13-9-21(17-27(25)42-24-5-3-2-4-6-24)20-7-11-23(12-8-20)41-16-15-34(30(37)38)19-26(35)22-10-14-28(31)32-18-22/h7-14,17-18,24,26,35H,2-6,15-16,19H2,1H3,(H,33,36)(H,37,38)/t26-/m0/s1. The molecule has 43 heavy (non-hydrogen) atoms. The molecule has 0 radical (unpaired) electrons. The maximum Gasteiger partial charge on any atom is 0.407 e. The number of rotatable bonds is 12. The maximum atomic E-state index is 12.7. The Morgan fingerprint density at radius 2 is 1.77 bits per heavy atom. The molecule has 4 rings (SSSR count). The first-order valence-corrected chi connectivity index (χ1v) is 16.1. The summed E-state index contributed by atoms with van der Waals surface area (Å²) < 4.78 is 37.3. The Kier molecular flexibility index (Phi) is 10.8. The second kappa shape index (κ2) is 14.5. The molecular weight excluding hydrogens is 598 g/mol. The molecule has 1 atom stereocenters. The minimum absolute atomic E-state index is 0.0219. The number of aromatic nitrogens is 1. The Bertz CT molecular complexity index is 1510. The van der Waals surface area contributed by atoms with Crippen molar-refractivity contribution in [1.82, 2.24) is 14.6 Å². The molecule has 3 N–H and O–H groups in total. The zero-order chi connectivity index (χ0) is 31.0. The number of ether oxygens (including phenoxy) is 2. The fourth-order valence-corrected chi connectivity index (χ4v) is 5.31. The molecule has 1 saturated carbocycles. The van der Waals surface area contributed by atoms with Crippen LogP contribution in [0, 0.1) is 0 Å². The highest BCUT2D eigenvalue weighted by Gasteiger charge is 2.22. The number of carboxylic acid groups (broad SMARTS) is 1. The molecule has 0 spiro atoms. The molecule has 1 aliphatic carbocycles. The van der Waals surface area contributed by atoms with Crippen molar-refractivity contribution >= 4 is 33.6 Å². The number of carbonyl (C=O) groups is 2. The van der Waals surface area contributed by atoms with Gasteiger partial charge < -0.3 is 24.6 Å². The Morgan fingerprint density at radius 3 is 2.40 bits per heavy atom. The average Bonchev–Trinajstić information content (AvgIpc) is 2.97.